The van der Waals surface area contributed by atoms with Crippen molar-refractivity contribution >= 4 is 23.2 Å². The van der Waals surface area contributed by atoms with E-state index in [1.54, 1.807) is 6.92 Å². The van der Waals surface area contributed by atoms with Crippen molar-refractivity contribution in [2.24, 2.45) is 10.9 Å². The summed E-state index contributed by atoms with van der Waals surface area (Å²) in [6.07, 6.45) is 5.23. The second kappa shape index (κ2) is 10.7. The second-order valence-electron chi connectivity index (χ2n) is 10.3. The first-order valence-corrected chi connectivity index (χ1v) is 13.2. The molecule has 0 atom stereocenters. The Morgan fingerprint density at radius 2 is 1.95 bits per heavy atom. The SMILES string of the molecule is CCC=NC1CCC(NC(=O)c2c(C)[nH]c3c(-c4cc(C(F)(F)F)ccc4OCC4CC4)ncnc23)CC1. The lowest BCUT2D eigenvalue weighted by atomic mass is 9.91. The summed E-state index contributed by atoms with van der Waals surface area (Å²) in [4.78, 5) is 29.8. The smallest absolute Gasteiger partial charge is 0.416 e. The molecule has 0 radical (unpaired) electrons. The van der Waals surface area contributed by atoms with E-state index in [4.69, 9.17) is 4.74 Å². The molecule has 0 spiro atoms. The van der Waals surface area contributed by atoms with E-state index in [0.717, 1.165) is 57.1 Å². The number of carbonyl (C=O) groups is 1. The zero-order valence-corrected chi connectivity index (χ0v) is 21.6. The molecule has 202 valence electrons. The standard InChI is InChI=1S/C28H32F3N5O2/c1-3-12-32-19-7-9-20(10-8-19)36-27(37)23-16(2)35-26-24(33-15-34-25(23)26)21-13-18(28(29,30)31)6-11-22(21)38-14-17-4-5-17/h6,11-13,15,17,19-20,35H,3-5,7-10,14H2,1-2H3,(H,36,37). The van der Waals surface area contributed by atoms with E-state index in [2.05, 4.69) is 32.2 Å². The fourth-order valence-corrected chi connectivity index (χ4v) is 4.99. The zero-order valence-electron chi connectivity index (χ0n) is 21.6. The number of nitrogens with zero attached hydrogens (tertiary/aromatic N) is 3. The molecule has 7 nitrogen and oxygen atoms in total. The molecular formula is C28H32F3N5O2. The lowest BCUT2D eigenvalue weighted by Gasteiger charge is -2.27. The number of halogens is 3. The van der Waals surface area contributed by atoms with Crippen LogP contribution in [-0.4, -0.2) is 45.8 Å². The summed E-state index contributed by atoms with van der Waals surface area (Å²) in [5, 5.41) is 3.13. The molecule has 2 saturated carbocycles. The fourth-order valence-electron chi connectivity index (χ4n) is 4.99. The number of aromatic nitrogens is 3. The number of aliphatic imine (C=N–C) groups is 1. The van der Waals surface area contributed by atoms with Crippen LogP contribution in [0.3, 0.4) is 0 Å². The van der Waals surface area contributed by atoms with E-state index in [1.807, 2.05) is 6.21 Å². The first-order valence-electron chi connectivity index (χ1n) is 13.2. The van der Waals surface area contributed by atoms with Gasteiger partial charge in [0.05, 0.1) is 23.3 Å². The van der Waals surface area contributed by atoms with Crippen LogP contribution in [0.1, 0.15) is 73.5 Å². The summed E-state index contributed by atoms with van der Waals surface area (Å²) in [5.41, 5.74) is 1.42. The van der Waals surface area contributed by atoms with Crippen LogP contribution in [0.15, 0.2) is 29.5 Å². The molecule has 2 aromatic heterocycles. The Hall–Kier alpha value is -3.43. The van der Waals surface area contributed by atoms with Crippen molar-refractivity contribution in [1.29, 1.82) is 0 Å². The van der Waals surface area contributed by atoms with Crippen molar-refractivity contribution < 1.29 is 22.7 Å². The minimum absolute atomic E-state index is 0.0344. The highest BCUT2D eigenvalue weighted by molar-refractivity contribution is 6.09. The molecule has 2 aliphatic carbocycles. The van der Waals surface area contributed by atoms with Gasteiger partial charge in [-0.3, -0.25) is 9.79 Å². The molecule has 0 aliphatic heterocycles. The quantitative estimate of drug-likeness (QED) is 0.338. The van der Waals surface area contributed by atoms with Crippen LogP contribution in [0, 0.1) is 12.8 Å². The second-order valence-corrected chi connectivity index (χ2v) is 10.3. The van der Waals surface area contributed by atoms with Gasteiger partial charge < -0.3 is 15.0 Å². The van der Waals surface area contributed by atoms with Crippen molar-refractivity contribution in [2.75, 3.05) is 6.61 Å². The maximum Gasteiger partial charge on any atom is 0.416 e. The van der Waals surface area contributed by atoms with Gasteiger partial charge in [0.15, 0.2) is 0 Å². The topological polar surface area (TPSA) is 92.3 Å². The van der Waals surface area contributed by atoms with Gasteiger partial charge in [0, 0.05) is 23.3 Å². The minimum atomic E-state index is -4.52. The van der Waals surface area contributed by atoms with Gasteiger partial charge in [-0.25, -0.2) is 9.97 Å². The third kappa shape index (κ3) is 5.68. The van der Waals surface area contributed by atoms with Crippen LogP contribution in [0.2, 0.25) is 0 Å². The monoisotopic (exact) mass is 527 g/mol. The molecule has 3 aromatic rings. The Kier molecular flexibility index (Phi) is 7.40. The van der Waals surface area contributed by atoms with Gasteiger partial charge >= 0.3 is 6.18 Å². The maximum atomic E-state index is 13.6. The number of ether oxygens (including phenoxy) is 1. The molecule has 1 aromatic carbocycles. The first-order chi connectivity index (χ1) is 18.2. The van der Waals surface area contributed by atoms with Gasteiger partial charge in [-0.1, -0.05) is 6.92 Å². The van der Waals surface area contributed by atoms with Gasteiger partial charge in [0.25, 0.3) is 5.91 Å². The molecule has 38 heavy (non-hydrogen) atoms. The highest BCUT2D eigenvalue weighted by atomic mass is 19.4. The molecule has 0 saturated heterocycles. The number of amides is 1. The van der Waals surface area contributed by atoms with E-state index < -0.39 is 11.7 Å². The molecule has 1 amide bonds. The Balaban J connectivity index is 1.44. The van der Waals surface area contributed by atoms with Crippen molar-refractivity contribution in [2.45, 2.75) is 77.1 Å². The van der Waals surface area contributed by atoms with Crippen LogP contribution < -0.4 is 10.1 Å². The maximum absolute atomic E-state index is 13.6. The molecule has 2 fully saturated rings. The number of hydrogen-bond donors (Lipinski definition) is 2. The molecule has 10 heteroatoms. The number of fused-ring (bicyclic) bond motifs is 1. The number of hydrogen-bond acceptors (Lipinski definition) is 5. The van der Waals surface area contributed by atoms with Crippen molar-refractivity contribution in [3.63, 3.8) is 0 Å². The largest absolute Gasteiger partial charge is 0.493 e. The summed E-state index contributed by atoms with van der Waals surface area (Å²) in [7, 11) is 0. The summed E-state index contributed by atoms with van der Waals surface area (Å²) < 4.78 is 46.7. The van der Waals surface area contributed by atoms with E-state index >= 15 is 0 Å². The molecule has 2 N–H and O–H groups in total. The number of carbonyl (C=O) groups excluding carboxylic acids is 1. The highest BCUT2D eigenvalue weighted by Gasteiger charge is 2.33. The van der Waals surface area contributed by atoms with Crippen LogP contribution in [0.25, 0.3) is 22.3 Å². The average molecular weight is 528 g/mol. The number of aromatic amines is 1. The zero-order chi connectivity index (χ0) is 26.9. The lowest BCUT2D eigenvalue weighted by molar-refractivity contribution is -0.137. The van der Waals surface area contributed by atoms with Crippen LogP contribution in [0.5, 0.6) is 5.75 Å². The van der Waals surface area contributed by atoms with Gasteiger partial charge in [-0.2, -0.15) is 13.2 Å². The summed E-state index contributed by atoms with van der Waals surface area (Å²) in [6.45, 7) is 4.26. The van der Waals surface area contributed by atoms with Crippen molar-refractivity contribution in [3.8, 4) is 17.0 Å². The molecule has 0 bridgehead atoms. The summed E-state index contributed by atoms with van der Waals surface area (Å²) >= 11 is 0. The van der Waals surface area contributed by atoms with Gasteiger partial charge in [0.2, 0.25) is 0 Å². The van der Waals surface area contributed by atoms with Gasteiger partial charge in [-0.05, 0) is 82.2 Å². The molecule has 2 heterocycles. The van der Waals surface area contributed by atoms with Crippen molar-refractivity contribution in [1.82, 2.24) is 20.3 Å². The average Bonchev–Trinajstić information content (AvgIpc) is 3.66. The van der Waals surface area contributed by atoms with E-state index in [1.165, 1.54) is 12.4 Å². The normalized spacial score (nSPS) is 20.2. The Bertz CT molecular complexity index is 1340. The van der Waals surface area contributed by atoms with E-state index in [9.17, 15) is 18.0 Å². The molecular weight excluding hydrogens is 495 g/mol. The number of alkyl halides is 3. The minimum Gasteiger partial charge on any atom is -0.493 e. The number of nitrogens with one attached hydrogen (secondary N) is 2. The van der Waals surface area contributed by atoms with Crippen LogP contribution >= 0.6 is 0 Å². The number of benzene rings is 1. The highest BCUT2D eigenvalue weighted by Crippen LogP contribution is 2.40. The number of rotatable bonds is 8. The van der Waals surface area contributed by atoms with Gasteiger partial charge in [0.1, 0.15) is 23.3 Å². The molecule has 0 unspecified atom stereocenters. The third-order valence-corrected chi connectivity index (χ3v) is 7.26. The van der Waals surface area contributed by atoms with Crippen LogP contribution in [-0.2, 0) is 6.18 Å². The fraction of sp³-hybridized carbons (Fsp3) is 0.500. The number of aryl methyl sites for hydroxylation is 1. The summed E-state index contributed by atoms with van der Waals surface area (Å²) in [6, 6.07) is 3.76. The van der Waals surface area contributed by atoms with Gasteiger partial charge in [-0.15, -0.1) is 0 Å². The van der Waals surface area contributed by atoms with Crippen molar-refractivity contribution in [3.05, 3.63) is 41.3 Å². The summed E-state index contributed by atoms with van der Waals surface area (Å²) in [5.74, 6) is 0.492. The Morgan fingerprint density at radius 3 is 2.63 bits per heavy atom. The number of H-pyrrole nitrogens is 1. The first kappa shape index (κ1) is 26.2. The Morgan fingerprint density at radius 1 is 1.18 bits per heavy atom. The predicted octanol–water partition coefficient (Wildman–Crippen LogP) is 6.26. The predicted molar refractivity (Wildman–Crippen MR) is 140 cm³/mol. The van der Waals surface area contributed by atoms with E-state index in [-0.39, 0.29) is 23.2 Å². The molecule has 5 rings (SSSR count). The van der Waals surface area contributed by atoms with Crippen LogP contribution in [0.4, 0.5) is 13.2 Å². The third-order valence-electron chi connectivity index (χ3n) is 7.26. The Labute approximate surface area is 219 Å². The van der Waals surface area contributed by atoms with E-state index in [0.29, 0.717) is 46.6 Å². The molecule has 2 aliphatic rings. The lowest BCUT2D eigenvalue weighted by Crippen LogP contribution is -2.38.